The number of likely N-dealkylation sites (tertiary alicyclic amines) is 1. The summed E-state index contributed by atoms with van der Waals surface area (Å²) in [6, 6.07) is 8.34. The average molecular weight is 368 g/mol. The van der Waals surface area contributed by atoms with Gasteiger partial charge in [0.15, 0.2) is 5.82 Å². The summed E-state index contributed by atoms with van der Waals surface area (Å²) in [5.74, 6) is 0.965. The number of halogens is 1. The Morgan fingerprint density at radius 3 is 2.96 bits per heavy atom. The van der Waals surface area contributed by atoms with Crippen LogP contribution >= 0.6 is 0 Å². The molecule has 4 heterocycles. The van der Waals surface area contributed by atoms with Crippen LogP contribution < -0.4 is 4.90 Å². The predicted octanol–water partition coefficient (Wildman–Crippen LogP) is 3.28. The number of anilines is 1. The summed E-state index contributed by atoms with van der Waals surface area (Å²) in [6.45, 7) is 4.50. The molecule has 2 fully saturated rings. The molecule has 1 saturated carbocycles. The minimum absolute atomic E-state index is 0.126. The zero-order valence-corrected chi connectivity index (χ0v) is 15.6. The van der Waals surface area contributed by atoms with Gasteiger partial charge in [0.2, 0.25) is 5.91 Å². The van der Waals surface area contributed by atoms with Crippen LogP contribution in [0.2, 0.25) is 0 Å². The van der Waals surface area contributed by atoms with Crippen molar-refractivity contribution in [1.29, 1.82) is 0 Å². The number of carbonyl (C=O) groups excluding carboxylic acids is 1. The lowest BCUT2D eigenvalue weighted by Gasteiger charge is -2.47. The van der Waals surface area contributed by atoms with Gasteiger partial charge in [-0.3, -0.25) is 4.79 Å². The van der Waals surface area contributed by atoms with Gasteiger partial charge < -0.3 is 14.4 Å². The molecule has 0 radical (unpaired) electrons. The molecule has 0 unspecified atom stereocenters. The third-order valence-corrected chi connectivity index (χ3v) is 6.46. The Morgan fingerprint density at radius 1 is 1.33 bits per heavy atom. The van der Waals surface area contributed by atoms with Gasteiger partial charge in [-0.15, -0.1) is 0 Å². The van der Waals surface area contributed by atoms with Crippen molar-refractivity contribution in [1.82, 2.24) is 14.5 Å². The SMILES string of the molecule is CCCN1c2cccnc2-n2cccc2[C@@]12CCN(C(=O)C1CC(F)C1)C2. The molecule has 27 heavy (non-hydrogen) atoms. The van der Waals surface area contributed by atoms with Crippen molar-refractivity contribution in [2.24, 2.45) is 5.92 Å². The summed E-state index contributed by atoms with van der Waals surface area (Å²) in [5.41, 5.74) is 2.10. The third-order valence-electron chi connectivity index (χ3n) is 6.46. The van der Waals surface area contributed by atoms with Crippen molar-refractivity contribution >= 4 is 11.6 Å². The van der Waals surface area contributed by atoms with Crippen molar-refractivity contribution in [3.8, 4) is 5.82 Å². The largest absolute Gasteiger partial charge is 0.355 e. The fraction of sp³-hybridized carbons (Fsp3) is 0.524. The second-order valence-electron chi connectivity index (χ2n) is 8.07. The highest BCUT2D eigenvalue weighted by Gasteiger charge is 2.51. The van der Waals surface area contributed by atoms with Gasteiger partial charge >= 0.3 is 0 Å². The van der Waals surface area contributed by atoms with E-state index < -0.39 is 6.17 Å². The first kappa shape index (κ1) is 16.8. The van der Waals surface area contributed by atoms with E-state index in [1.54, 1.807) is 0 Å². The lowest BCUT2D eigenvalue weighted by molar-refractivity contribution is -0.139. The summed E-state index contributed by atoms with van der Waals surface area (Å²) in [6.07, 6.45) is 5.81. The van der Waals surface area contributed by atoms with Gasteiger partial charge in [0.05, 0.1) is 11.4 Å². The number of hydrogen-bond acceptors (Lipinski definition) is 3. The number of fused-ring (bicyclic) bond motifs is 4. The Labute approximate surface area is 158 Å². The Hall–Kier alpha value is -2.37. The second kappa shape index (κ2) is 6.08. The van der Waals surface area contributed by atoms with Gasteiger partial charge in [-0.25, -0.2) is 9.37 Å². The zero-order valence-electron chi connectivity index (χ0n) is 15.6. The van der Waals surface area contributed by atoms with Crippen LogP contribution in [0.3, 0.4) is 0 Å². The van der Waals surface area contributed by atoms with E-state index in [-0.39, 0.29) is 17.4 Å². The van der Waals surface area contributed by atoms with Crippen molar-refractivity contribution in [2.75, 3.05) is 24.5 Å². The van der Waals surface area contributed by atoms with Crippen LogP contribution in [-0.2, 0) is 10.3 Å². The molecule has 1 saturated heterocycles. The van der Waals surface area contributed by atoms with E-state index in [4.69, 9.17) is 0 Å². The summed E-state index contributed by atoms with van der Waals surface area (Å²) in [4.78, 5) is 21.9. The maximum atomic E-state index is 13.3. The maximum absolute atomic E-state index is 13.3. The van der Waals surface area contributed by atoms with E-state index in [1.807, 2.05) is 17.2 Å². The average Bonchev–Trinajstić information content (AvgIpc) is 3.31. The molecule has 1 atom stereocenters. The summed E-state index contributed by atoms with van der Waals surface area (Å²) in [7, 11) is 0. The first-order chi connectivity index (χ1) is 13.1. The number of carbonyl (C=O) groups is 1. The van der Waals surface area contributed by atoms with Crippen LogP contribution in [0.25, 0.3) is 5.82 Å². The van der Waals surface area contributed by atoms with E-state index in [2.05, 4.69) is 45.8 Å². The van der Waals surface area contributed by atoms with E-state index in [0.717, 1.165) is 37.4 Å². The number of nitrogens with zero attached hydrogens (tertiary/aromatic N) is 4. The number of aromatic nitrogens is 2. The number of hydrogen-bond donors (Lipinski definition) is 0. The third kappa shape index (κ3) is 2.35. The fourth-order valence-electron chi connectivity index (χ4n) is 5.08. The molecule has 6 heteroatoms. The molecular weight excluding hydrogens is 343 g/mol. The van der Waals surface area contributed by atoms with Crippen molar-refractivity contribution < 1.29 is 9.18 Å². The highest BCUT2D eigenvalue weighted by Crippen LogP contribution is 2.47. The number of rotatable bonds is 3. The summed E-state index contributed by atoms with van der Waals surface area (Å²) < 4.78 is 15.4. The lowest BCUT2D eigenvalue weighted by atomic mass is 9.82. The van der Waals surface area contributed by atoms with Gasteiger partial charge in [-0.05, 0) is 49.9 Å². The highest BCUT2D eigenvalue weighted by atomic mass is 19.1. The standard InChI is InChI=1S/C21H25FN4O/c1-2-9-26-17-5-3-8-23-19(17)25-10-4-6-18(25)21(26)7-11-24(14-21)20(27)15-12-16(22)13-15/h3-6,8,10,15-16H,2,7,9,11-14H2,1H3/t15?,16?,21-/m0/s1. The number of pyridine rings is 1. The van der Waals surface area contributed by atoms with Crippen molar-refractivity contribution in [3.63, 3.8) is 0 Å². The van der Waals surface area contributed by atoms with Crippen molar-refractivity contribution in [2.45, 2.75) is 44.3 Å². The zero-order chi connectivity index (χ0) is 18.6. The number of amides is 1. The molecule has 0 N–H and O–H groups in total. The molecule has 1 amide bonds. The number of alkyl halides is 1. The van der Waals surface area contributed by atoms with Gasteiger partial charge in [0, 0.05) is 37.9 Å². The van der Waals surface area contributed by atoms with E-state index >= 15 is 0 Å². The molecule has 1 spiro atoms. The molecular formula is C21H25FN4O. The Kier molecular flexibility index (Phi) is 3.78. The molecule has 2 aromatic heterocycles. The second-order valence-corrected chi connectivity index (χ2v) is 8.07. The first-order valence-electron chi connectivity index (χ1n) is 9.98. The normalized spacial score (nSPS) is 28.8. The van der Waals surface area contributed by atoms with Gasteiger partial charge in [-0.2, -0.15) is 0 Å². The van der Waals surface area contributed by atoms with E-state index in [9.17, 15) is 9.18 Å². The quantitative estimate of drug-likeness (QED) is 0.835. The first-order valence-corrected chi connectivity index (χ1v) is 9.98. The summed E-state index contributed by atoms with van der Waals surface area (Å²) >= 11 is 0. The van der Waals surface area contributed by atoms with Crippen molar-refractivity contribution in [3.05, 3.63) is 42.4 Å². The van der Waals surface area contributed by atoms with Crippen LogP contribution in [0, 0.1) is 5.92 Å². The topological polar surface area (TPSA) is 41.4 Å². The molecule has 0 bridgehead atoms. The van der Waals surface area contributed by atoms with Crippen LogP contribution in [0.4, 0.5) is 10.1 Å². The Morgan fingerprint density at radius 2 is 2.19 bits per heavy atom. The molecule has 1 aliphatic carbocycles. The molecule has 5 rings (SSSR count). The molecule has 2 aromatic rings. The van der Waals surface area contributed by atoms with E-state index in [1.165, 1.54) is 5.69 Å². The monoisotopic (exact) mass is 368 g/mol. The predicted molar refractivity (Wildman–Crippen MR) is 102 cm³/mol. The summed E-state index contributed by atoms with van der Waals surface area (Å²) in [5, 5.41) is 0. The van der Waals surface area contributed by atoms with Crippen LogP contribution in [0.5, 0.6) is 0 Å². The Balaban J connectivity index is 1.54. The minimum Gasteiger partial charge on any atom is -0.355 e. The van der Waals surface area contributed by atoms with Gasteiger partial charge in [-0.1, -0.05) is 6.92 Å². The lowest BCUT2D eigenvalue weighted by Crippen LogP contribution is -2.53. The molecule has 5 nitrogen and oxygen atoms in total. The molecule has 2 aliphatic heterocycles. The van der Waals surface area contributed by atoms with Crippen LogP contribution in [-0.4, -0.2) is 46.2 Å². The molecule has 3 aliphatic rings. The van der Waals surface area contributed by atoms with Crippen LogP contribution in [0.1, 0.15) is 38.3 Å². The minimum atomic E-state index is -0.794. The van der Waals surface area contributed by atoms with Gasteiger partial charge in [0.25, 0.3) is 0 Å². The fourth-order valence-corrected chi connectivity index (χ4v) is 5.08. The smallest absolute Gasteiger partial charge is 0.225 e. The van der Waals surface area contributed by atoms with Crippen LogP contribution in [0.15, 0.2) is 36.7 Å². The Bertz CT molecular complexity index is 875. The van der Waals surface area contributed by atoms with Gasteiger partial charge in [0.1, 0.15) is 11.7 Å². The molecule has 142 valence electrons. The highest BCUT2D eigenvalue weighted by molar-refractivity contribution is 5.81. The molecule has 0 aromatic carbocycles. The van der Waals surface area contributed by atoms with E-state index in [0.29, 0.717) is 19.4 Å². The maximum Gasteiger partial charge on any atom is 0.225 e.